The van der Waals surface area contributed by atoms with Gasteiger partial charge in [0.15, 0.2) is 5.69 Å². The molecule has 1 aliphatic rings. The summed E-state index contributed by atoms with van der Waals surface area (Å²) in [5.74, 6) is 1.65. The Hall–Kier alpha value is -1.65. The number of hydrogen-bond acceptors (Lipinski definition) is 5. The second-order valence-corrected chi connectivity index (χ2v) is 4.48. The third-order valence-electron chi connectivity index (χ3n) is 3.06. The van der Waals surface area contributed by atoms with Crippen LogP contribution in [0.3, 0.4) is 0 Å². The number of carbonyl (C=O) groups excluding carboxylic acids is 1. The van der Waals surface area contributed by atoms with E-state index in [1.165, 1.54) is 26.1 Å². The Morgan fingerprint density at radius 2 is 2.35 bits per heavy atom. The van der Waals surface area contributed by atoms with Gasteiger partial charge < -0.3 is 10.1 Å². The molecule has 1 heterocycles. The lowest BCUT2D eigenvalue weighted by atomic mass is 10.1. The SMILES string of the molecule is COC(=O)c1cncc(NCC(C)C2CC2)n1. The van der Waals surface area contributed by atoms with Gasteiger partial charge in [-0.05, 0) is 24.7 Å². The van der Waals surface area contributed by atoms with Crippen molar-refractivity contribution in [1.82, 2.24) is 9.97 Å². The fraction of sp³-hybridized carbons (Fsp3) is 0.583. The first-order valence-electron chi connectivity index (χ1n) is 5.85. The minimum atomic E-state index is -0.462. The number of carbonyl (C=O) groups is 1. The lowest BCUT2D eigenvalue weighted by Gasteiger charge is -2.11. The van der Waals surface area contributed by atoms with Gasteiger partial charge in [-0.2, -0.15) is 0 Å². The van der Waals surface area contributed by atoms with Gasteiger partial charge in [-0.15, -0.1) is 0 Å². The summed E-state index contributed by atoms with van der Waals surface area (Å²) in [4.78, 5) is 19.4. The van der Waals surface area contributed by atoms with Crippen LogP contribution in [-0.2, 0) is 4.74 Å². The highest BCUT2D eigenvalue weighted by atomic mass is 16.5. The summed E-state index contributed by atoms with van der Waals surface area (Å²) < 4.78 is 4.60. The maximum atomic E-state index is 11.3. The lowest BCUT2D eigenvalue weighted by molar-refractivity contribution is 0.0593. The summed E-state index contributed by atoms with van der Waals surface area (Å²) in [6.45, 7) is 3.09. The van der Waals surface area contributed by atoms with Crippen LogP contribution < -0.4 is 5.32 Å². The highest BCUT2D eigenvalue weighted by Crippen LogP contribution is 2.36. The molecule has 17 heavy (non-hydrogen) atoms. The van der Waals surface area contributed by atoms with Crippen molar-refractivity contribution in [3.05, 3.63) is 18.1 Å². The predicted octanol–water partition coefficient (Wildman–Crippen LogP) is 1.72. The zero-order valence-corrected chi connectivity index (χ0v) is 10.1. The Balaban J connectivity index is 1.93. The van der Waals surface area contributed by atoms with Crippen LogP contribution in [0, 0.1) is 11.8 Å². The van der Waals surface area contributed by atoms with Gasteiger partial charge >= 0.3 is 5.97 Å². The Morgan fingerprint density at radius 3 is 3.00 bits per heavy atom. The molecule has 1 unspecified atom stereocenters. The van der Waals surface area contributed by atoms with E-state index in [-0.39, 0.29) is 5.69 Å². The van der Waals surface area contributed by atoms with E-state index >= 15 is 0 Å². The number of hydrogen-bond donors (Lipinski definition) is 1. The quantitative estimate of drug-likeness (QED) is 0.787. The topological polar surface area (TPSA) is 64.1 Å². The first-order valence-corrected chi connectivity index (χ1v) is 5.85. The van der Waals surface area contributed by atoms with Gasteiger partial charge in [0, 0.05) is 6.54 Å². The second-order valence-electron chi connectivity index (χ2n) is 4.48. The molecule has 0 aromatic carbocycles. The summed E-state index contributed by atoms with van der Waals surface area (Å²) in [6, 6.07) is 0. The molecule has 1 aromatic rings. The molecule has 0 bridgehead atoms. The van der Waals surface area contributed by atoms with Gasteiger partial charge in [-0.25, -0.2) is 9.78 Å². The number of anilines is 1. The Bertz CT molecular complexity index is 404. The largest absolute Gasteiger partial charge is 0.464 e. The molecule has 5 nitrogen and oxygen atoms in total. The third kappa shape index (κ3) is 3.15. The summed E-state index contributed by atoms with van der Waals surface area (Å²) >= 11 is 0. The second kappa shape index (κ2) is 5.12. The first-order chi connectivity index (χ1) is 8.20. The van der Waals surface area contributed by atoms with Crippen LogP contribution in [0.25, 0.3) is 0 Å². The molecule has 2 rings (SSSR count). The lowest BCUT2D eigenvalue weighted by Crippen LogP contribution is -2.15. The van der Waals surface area contributed by atoms with Crippen molar-refractivity contribution in [2.75, 3.05) is 19.0 Å². The molecule has 0 amide bonds. The van der Waals surface area contributed by atoms with Crippen LogP contribution >= 0.6 is 0 Å². The van der Waals surface area contributed by atoms with Crippen LogP contribution in [0.15, 0.2) is 12.4 Å². The van der Waals surface area contributed by atoms with Crippen LogP contribution in [0.4, 0.5) is 5.82 Å². The number of ether oxygens (including phenoxy) is 1. The minimum Gasteiger partial charge on any atom is -0.464 e. The fourth-order valence-corrected chi connectivity index (χ4v) is 1.75. The smallest absolute Gasteiger partial charge is 0.358 e. The van der Waals surface area contributed by atoms with Gasteiger partial charge in [-0.3, -0.25) is 4.98 Å². The van der Waals surface area contributed by atoms with Crippen molar-refractivity contribution in [2.45, 2.75) is 19.8 Å². The fourth-order valence-electron chi connectivity index (χ4n) is 1.75. The standard InChI is InChI=1S/C12H17N3O2/c1-8(9-3-4-9)5-14-11-7-13-6-10(15-11)12(16)17-2/h6-9H,3-5H2,1-2H3,(H,14,15). The molecule has 1 saturated carbocycles. The Kier molecular flexibility index (Phi) is 3.56. The molecule has 0 radical (unpaired) electrons. The van der Waals surface area contributed by atoms with Crippen molar-refractivity contribution < 1.29 is 9.53 Å². The molecule has 0 aliphatic heterocycles. The molecule has 1 N–H and O–H groups in total. The third-order valence-corrected chi connectivity index (χ3v) is 3.06. The van der Waals surface area contributed by atoms with Crippen LogP contribution in [0.1, 0.15) is 30.3 Å². The summed E-state index contributed by atoms with van der Waals surface area (Å²) in [6.07, 6.45) is 5.68. The normalized spacial score (nSPS) is 16.4. The number of nitrogens with one attached hydrogen (secondary N) is 1. The number of esters is 1. The van der Waals surface area contributed by atoms with Crippen LogP contribution in [0.5, 0.6) is 0 Å². The minimum absolute atomic E-state index is 0.233. The van der Waals surface area contributed by atoms with E-state index in [1.807, 2.05) is 0 Å². The van der Waals surface area contributed by atoms with E-state index in [2.05, 4.69) is 26.9 Å². The average Bonchev–Trinajstić information content (AvgIpc) is 3.19. The maximum absolute atomic E-state index is 11.3. The number of aromatic nitrogens is 2. The number of nitrogens with zero attached hydrogens (tertiary/aromatic N) is 2. The van der Waals surface area contributed by atoms with E-state index < -0.39 is 5.97 Å². The van der Waals surface area contributed by atoms with Crippen LogP contribution in [-0.4, -0.2) is 29.6 Å². The molecule has 1 aromatic heterocycles. The van der Waals surface area contributed by atoms with Crippen molar-refractivity contribution >= 4 is 11.8 Å². The summed E-state index contributed by atoms with van der Waals surface area (Å²) in [7, 11) is 1.33. The van der Waals surface area contributed by atoms with E-state index in [4.69, 9.17) is 0 Å². The zero-order chi connectivity index (χ0) is 12.3. The molecule has 92 valence electrons. The molecule has 1 fully saturated rings. The average molecular weight is 235 g/mol. The monoisotopic (exact) mass is 235 g/mol. The summed E-state index contributed by atoms with van der Waals surface area (Å²) in [5.41, 5.74) is 0.233. The molecule has 1 atom stereocenters. The van der Waals surface area contributed by atoms with Gasteiger partial charge in [0.25, 0.3) is 0 Å². The number of rotatable bonds is 5. The van der Waals surface area contributed by atoms with Gasteiger partial charge in [0.2, 0.25) is 0 Å². The van der Waals surface area contributed by atoms with Gasteiger partial charge in [0.05, 0.1) is 19.5 Å². The van der Waals surface area contributed by atoms with E-state index in [0.29, 0.717) is 11.7 Å². The predicted molar refractivity (Wildman–Crippen MR) is 63.7 cm³/mol. The first kappa shape index (κ1) is 11.8. The highest BCUT2D eigenvalue weighted by Gasteiger charge is 2.27. The van der Waals surface area contributed by atoms with Gasteiger partial charge in [0.1, 0.15) is 5.82 Å². The van der Waals surface area contributed by atoms with Crippen LogP contribution in [0.2, 0.25) is 0 Å². The number of methoxy groups -OCH3 is 1. The van der Waals surface area contributed by atoms with E-state index in [0.717, 1.165) is 12.5 Å². The molecular formula is C12H17N3O2. The zero-order valence-electron chi connectivity index (χ0n) is 10.1. The summed E-state index contributed by atoms with van der Waals surface area (Å²) in [5, 5.41) is 3.20. The molecular weight excluding hydrogens is 218 g/mol. The Labute approximate surface area is 101 Å². The van der Waals surface area contributed by atoms with Crippen molar-refractivity contribution in [3.8, 4) is 0 Å². The van der Waals surface area contributed by atoms with Crippen molar-refractivity contribution in [2.24, 2.45) is 11.8 Å². The maximum Gasteiger partial charge on any atom is 0.358 e. The molecule has 0 saturated heterocycles. The van der Waals surface area contributed by atoms with Crippen molar-refractivity contribution in [1.29, 1.82) is 0 Å². The van der Waals surface area contributed by atoms with E-state index in [1.54, 1.807) is 6.20 Å². The molecule has 0 spiro atoms. The van der Waals surface area contributed by atoms with Crippen molar-refractivity contribution in [3.63, 3.8) is 0 Å². The molecule has 1 aliphatic carbocycles. The Morgan fingerprint density at radius 1 is 1.59 bits per heavy atom. The van der Waals surface area contributed by atoms with E-state index in [9.17, 15) is 4.79 Å². The van der Waals surface area contributed by atoms with Gasteiger partial charge in [-0.1, -0.05) is 6.92 Å². The highest BCUT2D eigenvalue weighted by molar-refractivity contribution is 5.87. The molecule has 5 heteroatoms.